The summed E-state index contributed by atoms with van der Waals surface area (Å²) in [6, 6.07) is 0. The van der Waals surface area contributed by atoms with Crippen molar-refractivity contribution in [2.75, 3.05) is 13.6 Å². The quantitative estimate of drug-likeness (QED) is 0.689. The van der Waals surface area contributed by atoms with Crippen molar-refractivity contribution >= 4 is 0 Å². The van der Waals surface area contributed by atoms with Crippen LogP contribution >= 0.6 is 0 Å². The lowest BCUT2D eigenvalue weighted by atomic mass is 9.93. The third-order valence-electron chi connectivity index (χ3n) is 3.10. The van der Waals surface area contributed by atoms with Gasteiger partial charge in [0, 0.05) is 0 Å². The van der Waals surface area contributed by atoms with Gasteiger partial charge in [-0.2, -0.15) is 0 Å². The summed E-state index contributed by atoms with van der Waals surface area (Å²) in [5.74, 6) is 0. The van der Waals surface area contributed by atoms with Crippen LogP contribution in [0.4, 0.5) is 0 Å². The molecule has 102 valence electrons. The summed E-state index contributed by atoms with van der Waals surface area (Å²) in [6.45, 7) is 11.4. The van der Waals surface area contributed by atoms with Gasteiger partial charge >= 0.3 is 0 Å². The molecule has 1 heteroatoms. The minimum Gasteiger partial charge on any atom is -0.320 e. The smallest absolute Gasteiger partial charge is 0.00520 e. The van der Waals surface area contributed by atoms with Gasteiger partial charge in [-0.15, -0.1) is 0 Å². The highest BCUT2D eigenvalue weighted by molar-refractivity contribution is 5.47. The summed E-state index contributed by atoms with van der Waals surface area (Å²) < 4.78 is 0. The van der Waals surface area contributed by atoms with Crippen molar-refractivity contribution in [2.24, 2.45) is 0 Å². The lowest BCUT2D eigenvalue weighted by Gasteiger charge is -2.12. The Kier molecular flexibility index (Phi) is 10.4. The average Bonchev–Trinajstić information content (AvgIpc) is 2.44. The van der Waals surface area contributed by atoms with Crippen LogP contribution in [0.1, 0.15) is 46.5 Å². The zero-order chi connectivity index (χ0) is 13.8. The zero-order valence-electron chi connectivity index (χ0n) is 12.6. The van der Waals surface area contributed by atoms with Gasteiger partial charge in [0.2, 0.25) is 0 Å². The second-order valence-corrected chi connectivity index (χ2v) is 4.51. The Bertz CT molecular complexity index is 315. The van der Waals surface area contributed by atoms with Gasteiger partial charge in [-0.05, 0) is 63.4 Å². The minimum absolute atomic E-state index is 1.14. The third kappa shape index (κ3) is 6.61. The van der Waals surface area contributed by atoms with Crippen LogP contribution in [0.5, 0.6) is 0 Å². The van der Waals surface area contributed by atoms with E-state index in [2.05, 4.69) is 50.9 Å². The summed E-state index contributed by atoms with van der Waals surface area (Å²) in [5, 5.41) is 3.07. The lowest BCUT2D eigenvalue weighted by Crippen LogP contribution is -2.06. The summed E-state index contributed by atoms with van der Waals surface area (Å²) in [6.07, 6.45) is 13.4. The number of rotatable bonds is 5. The first-order valence-electron chi connectivity index (χ1n) is 7.01. The van der Waals surface area contributed by atoms with Gasteiger partial charge in [0.15, 0.2) is 0 Å². The van der Waals surface area contributed by atoms with Gasteiger partial charge in [0.25, 0.3) is 0 Å². The molecule has 1 rings (SSSR count). The van der Waals surface area contributed by atoms with Gasteiger partial charge in [0.05, 0.1) is 0 Å². The largest absolute Gasteiger partial charge is 0.320 e. The molecule has 0 aliphatic heterocycles. The van der Waals surface area contributed by atoms with Gasteiger partial charge in [0.1, 0.15) is 0 Å². The SMILES string of the molecule is C=CC1=C(/C(C)=C\C)C=CCC1.CCCCNC. The van der Waals surface area contributed by atoms with Crippen molar-refractivity contribution in [1.29, 1.82) is 0 Å². The van der Waals surface area contributed by atoms with E-state index in [4.69, 9.17) is 0 Å². The molecular weight excluding hydrogens is 218 g/mol. The van der Waals surface area contributed by atoms with E-state index in [-0.39, 0.29) is 0 Å². The lowest BCUT2D eigenvalue weighted by molar-refractivity contribution is 0.711. The van der Waals surface area contributed by atoms with Gasteiger partial charge < -0.3 is 5.32 Å². The van der Waals surface area contributed by atoms with Crippen molar-refractivity contribution < 1.29 is 0 Å². The normalized spacial score (nSPS) is 15.2. The fraction of sp³-hybridized carbons (Fsp3) is 0.529. The average molecular weight is 247 g/mol. The number of hydrogen-bond donors (Lipinski definition) is 1. The molecule has 1 N–H and O–H groups in total. The van der Waals surface area contributed by atoms with E-state index in [9.17, 15) is 0 Å². The standard InChI is InChI=1S/C12H16.C5H13N/c1-4-10(3)12-9-7-6-8-11(12)5-2;1-3-4-5-6-2/h4-5,7,9H,2,6,8H2,1,3H3;6H,3-5H2,1-2H3/b10-4-;. The van der Waals surface area contributed by atoms with Crippen LogP contribution in [0.25, 0.3) is 0 Å². The minimum atomic E-state index is 1.14. The number of allylic oxidation sites excluding steroid dienone is 7. The first-order chi connectivity index (χ1) is 8.71. The van der Waals surface area contributed by atoms with E-state index < -0.39 is 0 Å². The second kappa shape index (κ2) is 11.0. The molecule has 0 aromatic heterocycles. The summed E-state index contributed by atoms with van der Waals surface area (Å²) in [4.78, 5) is 0. The third-order valence-corrected chi connectivity index (χ3v) is 3.10. The predicted molar refractivity (Wildman–Crippen MR) is 83.9 cm³/mol. The van der Waals surface area contributed by atoms with Crippen LogP contribution in [-0.2, 0) is 0 Å². The molecular formula is C17H29N. The first-order valence-corrected chi connectivity index (χ1v) is 7.01. The van der Waals surface area contributed by atoms with E-state index in [1.165, 1.54) is 29.6 Å². The van der Waals surface area contributed by atoms with Crippen LogP contribution < -0.4 is 5.32 Å². The van der Waals surface area contributed by atoms with Crippen LogP contribution in [0.15, 0.2) is 47.6 Å². The van der Waals surface area contributed by atoms with Gasteiger partial charge in [-0.25, -0.2) is 0 Å². The Balaban J connectivity index is 0.000000411. The summed E-state index contributed by atoms with van der Waals surface area (Å²) in [5.41, 5.74) is 4.09. The van der Waals surface area contributed by atoms with Gasteiger partial charge in [-0.1, -0.05) is 44.2 Å². The summed E-state index contributed by atoms with van der Waals surface area (Å²) in [7, 11) is 1.98. The molecule has 1 nitrogen and oxygen atoms in total. The predicted octanol–water partition coefficient (Wildman–Crippen LogP) is 4.79. The highest BCUT2D eigenvalue weighted by Gasteiger charge is 2.05. The molecule has 0 aromatic rings. The van der Waals surface area contributed by atoms with Crippen molar-refractivity contribution in [3.05, 3.63) is 47.6 Å². The zero-order valence-corrected chi connectivity index (χ0v) is 12.6. The van der Waals surface area contributed by atoms with Crippen molar-refractivity contribution in [3.8, 4) is 0 Å². The van der Waals surface area contributed by atoms with Crippen LogP contribution in [0.3, 0.4) is 0 Å². The molecule has 0 saturated carbocycles. The molecule has 0 unspecified atom stereocenters. The fourth-order valence-electron chi connectivity index (χ4n) is 1.79. The molecule has 0 saturated heterocycles. The maximum absolute atomic E-state index is 3.83. The van der Waals surface area contributed by atoms with E-state index in [0.717, 1.165) is 19.4 Å². The molecule has 0 radical (unpaired) electrons. The molecule has 1 aliphatic carbocycles. The van der Waals surface area contributed by atoms with Crippen molar-refractivity contribution in [2.45, 2.75) is 46.5 Å². The molecule has 0 spiro atoms. The highest BCUT2D eigenvalue weighted by Crippen LogP contribution is 2.24. The highest BCUT2D eigenvalue weighted by atomic mass is 14.8. The van der Waals surface area contributed by atoms with Crippen molar-refractivity contribution in [3.63, 3.8) is 0 Å². The van der Waals surface area contributed by atoms with E-state index in [0.29, 0.717) is 0 Å². The number of unbranched alkanes of at least 4 members (excludes halogenated alkanes) is 1. The molecule has 0 bridgehead atoms. The first kappa shape index (κ1) is 16.9. The van der Waals surface area contributed by atoms with Gasteiger partial charge in [-0.3, -0.25) is 0 Å². The molecule has 0 amide bonds. The molecule has 1 aliphatic rings. The molecule has 0 heterocycles. The Morgan fingerprint density at radius 2 is 2.22 bits per heavy atom. The maximum Gasteiger partial charge on any atom is -0.00520 e. The van der Waals surface area contributed by atoms with E-state index >= 15 is 0 Å². The molecule has 0 fully saturated rings. The fourth-order valence-corrected chi connectivity index (χ4v) is 1.79. The van der Waals surface area contributed by atoms with E-state index in [1.807, 2.05) is 13.1 Å². The Morgan fingerprint density at radius 3 is 2.67 bits per heavy atom. The van der Waals surface area contributed by atoms with Crippen LogP contribution in [0.2, 0.25) is 0 Å². The maximum atomic E-state index is 3.83. The monoisotopic (exact) mass is 247 g/mol. The Hall–Kier alpha value is -1.08. The number of hydrogen-bond acceptors (Lipinski definition) is 1. The topological polar surface area (TPSA) is 12.0 Å². The molecule has 0 aromatic carbocycles. The molecule has 18 heavy (non-hydrogen) atoms. The van der Waals surface area contributed by atoms with Crippen LogP contribution in [-0.4, -0.2) is 13.6 Å². The summed E-state index contributed by atoms with van der Waals surface area (Å²) >= 11 is 0. The Labute approximate surface area is 113 Å². The molecule has 0 atom stereocenters. The Morgan fingerprint density at radius 1 is 1.50 bits per heavy atom. The van der Waals surface area contributed by atoms with Crippen LogP contribution in [0, 0.1) is 0 Å². The van der Waals surface area contributed by atoms with E-state index in [1.54, 1.807) is 0 Å². The second-order valence-electron chi connectivity index (χ2n) is 4.51. The van der Waals surface area contributed by atoms with Crippen molar-refractivity contribution in [1.82, 2.24) is 5.32 Å². The number of nitrogens with one attached hydrogen (secondary N) is 1.